The molecule has 0 aromatic heterocycles. The monoisotopic (exact) mass is 617 g/mol. The van der Waals surface area contributed by atoms with E-state index < -0.39 is 0 Å². The van der Waals surface area contributed by atoms with Crippen LogP contribution >= 0.6 is 0 Å². The fourth-order valence-corrected chi connectivity index (χ4v) is 4.84. The molecule has 0 N–H and O–H groups in total. The minimum atomic E-state index is -0.0573. The molecule has 0 aromatic rings. The van der Waals surface area contributed by atoms with Crippen LogP contribution in [0.2, 0.25) is 0 Å². The molecule has 0 atom stereocenters. The Morgan fingerprint density at radius 3 is 0.935 bits per heavy atom. The zero-order valence-electron chi connectivity index (χ0n) is 31.0. The van der Waals surface area contributed by atoms with Gasteiger partial charge >= 0.3 is 0 Å². The van der Waals surface area contributed by atoms with Gasteiger partial charge in [-0.1, -0.05) is 67.2 Å². The van der Waals surface area contributed by atoms with Crippen LogP contribution in [0.4, 0.5) is 0 Å². The van der Waals surface area contributed by atoms with Gasteiger partial charge in [0.15, 0.2) is 0 Å². The molecule has 0 heterocycles. The number of rotatable bonds is 14. The Bertz CT molecular complexity index is 1030. The zero-order chi connectivity index (χ0) is 36.8. The van der Waals surface area contributed by atoms with Gasteiger partial charge in [0.25, 0.3) is 0 Å². The summed E-state index contributed by atoms with van der Waals surface area (Å²) >= 11 is 0. The average Bonchev–Trinajstić information content (AvgIpc) is 2.97. The van der Waals surface area contributed by atoms with E-state index in [1.165, 1.54) is 0 Å². The fraction of sp³-hybridized carbons (Fsp3) is 0.600. The van der Waals surface area contributed by atoms with Gasteiger partial charge in [-0.25, -0.2) is 0 Å². The molecule has 0 saturated carbocycles. The van der Waals surface area contributed by atoms with Gasteiger partial charge in [0.2, 0.25) is 0 Å². The Hall–Kier alpha value is -4.00. The maximum atomic E-state index is 5.40. The van der Waals surface area contributed by atoms with Crippen molar-refractivity contribution in [1.82, 2.24) is 4.90 Å². The van der Waals surface area contributed by atoms with Crippen molar-refractivity contribution in [3.63, 3.8) is 0 Å². The molecule has 0 fully saturated rings. The van der Waals surface area contributed by atoms with Crippen molar-refractivity contribution in [2.24, 2.45) is 40.4 Å². The fourth-order valence-electron chi connectivity index (χ4n) is 4.84. The molecule has 0 aliphatic rings. The van der Waals surface area contributed by atoms with Crippen molar-refractivity contribution in [2.45, 2.75) is 120 Å². The molecule has 0 amide bonds. The van der Waals surface area contributed by atoms with Gasteiger partial charge < -0.3 is 0 Å². The highest BCUT2D eigenvalue weighted by Crippen LogP contribution is 2.42. The minimum absolute atomic E-state index is 0.0573. The molecule has 0 spiro atoms. The van der Waals surface area contributed by atoms with E-state index in [4.69, 9.17) is 57.8 Å². The molecule has 0 unspecified atom stereocenters. The van der Waals surface area contributed by atoms with E-state index in [-0.39, 0.29) is 10.8 Å². The largest absolute Gasteiger partial charge is 0.279 e. The Kier molecular flexibility index (Phi) is 31.6. The van der Waals surface area contributed by atoms with Crippen LogP contribution in [0.3, 0.4) is 0 Å². The lowest BCUT2D eigenvalue weighted by Crippen LogP contribution is -2.32. The van der Waals surface area contributed by atoms with Crippen molar-refractivity contribution in [3.05, 3.63) is 0 Å². The minimum Gasteiger partial charge on any atom is -0.279 e. The van der Waals surface area contributed by atoms with Crippen LogP contribution in [0.15, 0.2) is 0 Å². The van der Waals surface area contributed by atoms with E-state index in [2.05, 4.69) is 127 Å². The maximum absolute atomic E-state index is 5.40. The molecular weight excluding hydrogens is 555 g/mol. The van der Waals surface area contributed by atoms with Gasteiger partial charge in [-0.2, -0.15) is 0 Å². The highest BCUT2D eigenvalue weighted by Gasteiger charge is 2.35. The summed E-state index contributed by atoms with van der Waals surface area (Å²) in [6.07, 6.45) is 52.6. The summed E-state index contributed by atoms with van der Waals surface area (Å²) in [5.74, 6) is 26.6. The highest BCUT2D eigenvalue weighted by atomic mass is 15.1. The van der Waals surface area contributed by atoms with Crippen LogP contribution in [0.25, 0.3) is 0 Å². The molecule has 46 heavy (non-hydrogen) atoms. The molecule has 0 aliphatic carbocycles. The van der Waals surface area contributed by atoms with Crippen LogP contribution in [0.1, 0.15) is 114 Å². The van der Waals surface area contributed by atoms with Crippen LogP contribution in [-0.4, -0.2) is 24.0 Å². The number of hydrogen-bond donors (Lipinski definition) is 0. The van der Waals surface area contributed by atoms with Gasteiger partial charge in [0, 0.05) is 56.4 Å². The predicted octanol–water partition coefficient (Wildman–Crippen LogP) is 9.30. The Labute approximate surface area is 289 Å². The first-order chi connectivity index (χ1) is 21.6. The zero-order valence-corrected chi connectivity index (χ0v) is 31.0. The smallest absolute Gasteiger partial charge is 0.0609 e. The van der Waals surface area contributed by atoms with E-state index in [1.54, 1.807) is 0 Å². The molecular formula is C45H63N. The maximum Gasteiger partial charge on any atom is 0.0609 e. The van der Waals surface area contributed by atoms with E-state index >= 15 is 0 Å². The molecule has 0 saturated heterocycles. The Morgan fingerprint density at radius 1 is 0.435 bits per heavy atom. The van der Waals surface area contributed by atoms with Crippen LogP contribution < -0.4 is 0 Å². The average molecular weight is 618 g/mol. The van der Waals surface area contributed by atoms with Crippen LogP contribution in [0.5, 0.6) is 0 Å². The molecule has 0 aliphatic heterocycles. The lowest BCUT2D eigenvalue weighted by molar-refractivity contribution is 0.124. The summed E-state index contributed by atoms with van der Waals surface area (Å²) in [6.45, 7) is 22.8. The van der Waals surface area contributed by atoms with Crippen molar-refractivity contribution in [1.29, 1.82) is 0 Å². The van der Waals surface area contributed by atoms with Gasteiger partial charge in [-0.3, -0.25) is 4.90 Å². The molecule has 1 heteroatoms. The molecule has 1 nitrogen and oxygen atoms in total. The first kappa shape index (κ1) is 48.9. The summed E-state index contributed by atoms with van der Waals surface area (Å²) in [6, 6.07) is 0.437. The topological polar surface area (TPSA) is 3.24 Å². The van der Waals surface area contributed by atoms with E-state index in [1.807, 2.05) is 0 Å². The molecule has 0 aromatic carbocycles. The SMILES string of the molecule is C#CCC(CC#C)(C(C)C)C(C)C.C#CCC(CC#C)(CC#C)C(C)C.C#CCC(CC#C)C(C)C.C#CCN(CC#C)C(C)C. The quantitative estimate of drug-likeness (QED) is 0.176. The summed E-state index contributed by atoms with van der Waals surface area (Å²) in [5, 5.41) is 0. The van der Waals surface area contributed by atoms with E-state index in [9.17, 15) is 0 Å². The summed E-state index contributed by atoms with van der Waals surface area (Å²) < 4.78 is 0. The van der Waals surface area contributed by atoms with Gasteiger partial charge in [-0.05, 0) is 48.9 Å². The van der Waals surface area contributed by atoms with Crippen molar-refractivity contribution in [3.8, 4) is 111 Å². The predicted molar refractivity (Wildman–Crippen MR) is 206 cm³/mol. The number of hydrogen-bond acceptors (Lipinski definition) is 1. The Morgan fingerprint density at radius 2 is 0.761 bits per heavy atom. The highest BCUT2D eigenvalue weighted by molar-refractivity contribution is 5.08. The lowest BCUT2D eigenvalue weighted by atomic mass is 9.65. The second-order valence-corrected chi connectivity index (χ2v) is 13.2. The standard InChI is InChI=1S/C13H20.C13H16.C10H14.C9H13N/c1-7-9-13(10-8-2,11(3)4)12(5)6;1-6-9-13(10-7-2,11-8-3)12(4)5;2*1-5-7-10(8-6-2)9(3)4/h1-2,11-12H,9-10H2,3-6H3;1-3,12H,9-11H2,4-5H3;1-2,9-10H,7-8H2,3-4H3;1-2,9H,7-8H2,3-4H3. The van der Waals surface area contributed by atoms with Gasteiger partial charge in [-0.15, -0.1) is 99.3 Å². The molecule has 0 bridgehead atoms. The van der Waals surface area contributed by atoms with Crippen LogP contribution in [-0.2, 0) is 0 Å². The Balaban J connectivity index is -0.000000258. The summed E-state index contributed by atoms with van der Waals surface area (Å²) in [5.41, 5.74) is 0.0712. The van der Waals surface area contributed by atoms with Crippen molar-refractivity contribution in [2.75, 3.05) is 13.1 Å². The van der Waals surface area contributed by atoms with Gasteiger partial charge in [0.05, 0.1) is 13.1 Å². The van der Waals surface area contributed by atoms with E-state index in [0.29, 0.717) is 68.0 Å². The third-order valence-electron chi connectivity index (χ3n) is 8.77. The first-order valence-electron chi connectivity index (χ1n) is 16.2. The number of terminal acetylenes is 9. The number of nitrogens with zero attached hydrogens (tertiary/aromatic N) is 1. The molecule has 248 valence electrons. The molecule has 0 rings (SSSR count). The third kappa shape index (κ3) is 20.9. The lowest BCUT2D eigenvalue weighted by Gasteiger charge is -2.38. The van der Waals surface area contributed by atoms with Crippen molar-refractivity contribution < 1.29 is 0 Å². The van der Waals surface area contributed by atoms with Crippen molar-refractivity contribution >= 4 is 0 Å². The summed E-state index contributed by atoms with van der Waals surface area (Å²) in [7, 11) is 0. The second-order valence-electron chi connectivity index (χ2n) is 13.2. The first-order valence-corrected chi connectivity index (χ1v) is 16.2. The molecule has 0 radical (unpaired) electrons. The summed E-state index contributed by atoms with van der Waals surface area (Å²) in [4.78, 5) is 2.06. The van der Waals surface area contributed by atoms with Crippen LogP contribution in [0, 0.1) is 152 Å². The van der Waals surface area contributed by atoms with E-state index in [0.717, 1.165) is 25.7 Å². The normalized spacial score (nSPS) is 10.2. The third-order valence-corrected chi connectivity index (χ3v) is 8.77. The van der Waals surface area contributed by atoms with Gasteiger partial charge in [0.1, 0.15) is 0 Å². The second kappa shape index (κ2) is 29.7.